The van der Waals surface area contributed by atoms with E-state index in [-0.39, 0.29) is 34.9 Å². The van der Waals surface area contributed by atoms with Crippen LogP contribution >= 0.6 is 0 Å². The number of aryl methyl sites for hydroxylation is 1. The van der Waals surface area contributed by atoms with Crippen LogP contribution in [-0.4, -0.2) is 57.4 Å². The lowest BCUT2D eigenvalue weighted by Crippen LogP contribution is -2.39. The largest absolute Gasteiger partial charge is 0.349 e. The van der Waals surface area contributed by atoms with Crippen LogP contribution in [0.1, 0.15) is 84.4 Å². The van der Waals surface area contributed by atoms with Crippen molar-refractivity contribution in [1.82, 2.24) is 20.3 Å². The molecule has 0 bridgehead atoms. The van der Waals surface area contributed by atoms with Gasteiger partial charge in [-0.2, -0.15) is 0 Å². The Hall–Kier alpha value is -3.67. The second-order valence-corrected chi connectivity index (χ2v) is 13.1. The molecule has 8 nitrogen and oxygen atoms in total. The van der Waals surface area contributed by atoms with Crippen LogP contribution in [-0.2, 0) is 29.4 Å². The van der Waals surface area contributed by atoms with E-state index in [2.05, 4.69) is 34.4 Å². The van der Waals surface area contributed by atoms with Gasteiger partial charge in [-0.15, -0.1) is 0 Å². The summed E-state index contributed by atoms with van der Waals surface area (Å²) in [6.45, 7) is 9.81. The van der Waals surface area contributed by atoms with Gasteiger partial charge >= 0.3 is 0 Å². The fourth-order valence-corrected chi connectivity index (χ4v) is 6.41. The van der Waals surface area contributed by atoms with Gasteiger partial charge in [-0.25, -0.2) is 21.9 Å². The standard InChI is InChI=1S/C35H46F2N4O4S/c1-5-14-41(15-6-2)35(43)29-20-28(21-33(22-29)46(44,45)39-8-4)34(42)40-32(19-27-17-30(36)23-31(37)18-27)12-13-38-24-26-11-9-10-25(7-3)16-26/h9-11,16-18,20-23,32,38-39H,5-8,12-15,19,24H2,1-4H3,(H,40,42)/t32-/m1/s1. The van der Waals surface area contributed by atoms with Crippen LogP contribution < -0.4 is 15.4 Å². The predicted octanol–water partition coefficient (Wildman–Crippen LogP) is 5.61. The maximum absolute atomic E-state index is 14.0. The SMILES string of the molecule is CCCN(CCC)C(=O)c1cc(C(=O)N[C@H](CCNCc2cccc(CC)c2)Cc2cc(F)cc(F)c2)cc(S(=O)(=O)NCC)c1. The zero-order valence-electron chi connectivity index (χ0n) is 27.2. The maximum atomic E-state index is 14.0. The summed E-state index contributed by atoms with van der Waals surface area (Å²) >= 11 is 0. The Labute approximate surface area is 272 Å². The van der Waals surface area contributed by atoms with E-state index < -0.39 is 33.6 Å². The van der Waals surface area contributed by atoms with Crippen molar-refractivity contribution in [1.29, 1.82) is 0 Å². The smallest absolute Gasteiger partial charge is 0.253 e. The van der Waals surface area contributed by atoms with Crippen LogP contribution in [0.2, 0.25) is 0 Å². The van der Waals surface area contributed by atoms with Gasteiger partial charge < -0.3 is 15.5 Å². The molecule has 3 rings (SSSR count). The Kier molecular flexibility index (Phi) is 14.3. The number of nitrogens with one attached hydrogen (secondary N) is 3. The van der Waals surface area contributed by atoms with Crippen molar-refractivity contribution in [2.24, 2.45) is 0 Å². The Morgan fingerprint density at radius 2 is 1.48 bits per heavy atom. The third-order valence-corrected chi connectivity index (χ3v) is 9.00. The zero-order chi connectivity index (χ0) is 33.7. The molecule has 1 atom stereocenters. The highest BCUT2D eigenvalue weighted by molar-refractivity contribution is 7.89. The second kappa shape index (κ2) is 17.9. The molecule has 3 aromatic rings. The average molecular weight is 657 g/mol. The van der Waals surface area contributed by atoms with Gasteiger partial charge in [0.2, 0.25) is 10.0 Å². The van der Waals surface area contributed by atoms with Gasteiger partial charge in [0.05, 0.1) is 4.90 Å². The third-order valence-electron chi connectivity index (χ3n) is 7.47. The van der Waals surface area contributed by atoms with E-state index in [0.29, 0.717) is 38.2 Å². The monoisotopic (exact) mass is 656 g/mol. The second-order valence-electron chi connectivity index (χ2n) is 11.3. The number of halogens is 2. The predicted molar refractivity (Wildman–Crippen MR) is 177 cm³/mol. The normalized spacial score (nSPS) is 12.1. The quantitative estimate of drug-likeness (QED) is 0.154. The minimum atomic E-state index is -4.00. The number of carbonyl (C=O) groups is 2. The Balaban J connectivity index is 1.90. The number of carbonyl (C=O) groups excluding carboxylic acids is 2. The lowest BCUT2D eigenvalue weighted by molar-refractivity contribution is 0.0755. The first-order valence-corrected chi connectivity index (χ1v) is 17.5. The third kappa shape index (κ3) is 11.0. The molecule has 0 radical (unpaired) electrons. The molecule has 46 heavy (non-hydrogen) atoms. The molecule has 11 heteroatoms. The van der Waals surface area contributed by atoms with Crippen LogP contribution in [0.15, 0.2) is 65.6 Å². The van der Waals surface area contributed by atoms with Crippen molar-refractivity contribution in [3.63, 3.8) is 0 Å². The molecule has 0 unspecified atom stereocenters. The molecule has 0 fully saturated rings. The van der Waals surface area contributed by atoms with Gasteiger partial charge in [0.15, 0.2) is 0 Å². The van der Waals surface area contributed by atoms with Crippen LogP contribution in [0.25, 0.3) is 0 Å². The van der Waals surface area contributed by atoms with Gasteiger partial charge in [0.1, 0.15) is 11.6 Å². The molecule has 0 aromatic heterocycles. The maximum Gasteiger partial charge on any atom is 0.253 e. The molecule has 0 saturated carbocycles. The topological polar surface area (TPSA) is 108 Å². The zero-order valence-corrected chi connectivity index (χ0v) is 28.0. The molecule has 0 spiro atoms. The highest BCUT2D eigenvalue weighted by Crippen LogP contribution is 2.19. The fraction of sp³-hybridized carbons (Fsp3) is 0.429. The number of rotatable bonds is 18. The van der Waals surface area contributed by atoms with Crippen LogP contribution in [0.5, 0.6) is 0 Å². The Morgan fingerprint density at radius 1 is 0.826 bits per heavy atom. The summed E-state index contributed by atoms with van der Waals surface area (Å²) in [6.07, 6.45) is 2.91. The van der Waals surface area contributed by atoms with Crippen molar-refractivity contribution in [2.45, 2.75) is 77.3 Å². The van der Waals surface area contributed by atoms with Gasteiger partial charge in [0.25, 0.3) is 11.8 Å². The summed E-state index contributed by atoms with van der Waals surface area (Å²) in [6, 6.07) is 14.8. The number of sulfonamides is 1. The molecule has 3 aromatic carbocycles. The summed E-state index contributed by atoms with van der Waals surface area (Å²) < 4.78 is 56.5. The van der Waals surface area contributed by atoms with Gasteiger partial charge in [-0.3, -0.25) is 9.59 Å². The number of hydrogen-bond donors (Lipinski definition) is 3. The minimum absolute atomic E-state index is 0.00459. The van der Waals surface area contributed by atoms with E-state index in [1.54, 1.807) is 11.8 Å². The summed E-state index contributed by atoms with van der Waals surface area (Å²) in [7, 11) is -4.00. The highest BCUT2D eigenvalue weighted by Gasteiger charge is 2.24. The Bertz CT molecular complexity index is 1560. The summed E-state index contributed by atoms with van der Waals surface area (Å²) in [4.78, 5) is 28.7. The van der Waals surface area contributed by atoms with Crippen LogP contribution in [0, 0.1) is 11.6 Å². The first kappa shape index (κ1) is 36.8. The lowest BCUT2D eigenvalue weighted by atomic mass is 10.0. The average Bonchev–Trinajstić information content (AvgIpc) is 3.02. The van der Waals surface area contributed by atoms with Crippen LogP contribution in [0.4, 0.5) is 8.78 Å². The molecule has 250 valence electrons. The highest BCUT2D eigenvalue weighted by atomic mass is 32.2. The number of hydrogen-bond acceptors (Lipinski definition) is 5. The molecule has 0 aliphatic heterocycles. The molecular weight excluding hydrogens is 610 g/mol. The summed E-state index contributed by atoms with van der Waals surface area (Å²) in [5.74, 6) is -2.41. The summed E-state index contributed by atoms with van der Waals surface area (Å²) in [5, 5.41) is 6.30. The molecule has 2 amide bonds. The van der Waals surface area contributed by atoms with E-state index in [9.17, 15) is 26.8 Å². The van der Waals surface area contributed by atoms with E-state index >= 15 is 0 Å². The van der Waals surface area contributed by atoms with E-state index in [4.69, 9.17) is 0 Å². The number of amides is 2. The van der Waals surface area contributed by atoms with Gasteiger partial charge in [-0.05, 0) is 85.7 Å². The van der Waals surface area contributed by atoms with E-state index in [1.807, 2.05) is 26.0 Å². The lowest BCUT2D eigenvalue weighted by Gasteiger charge is -2.23. The number of benzene rings is 3. The summed E-state index contributed by atoms with van der Waals surface area (Å²) in [5.41, 5.74) is 2.79. The minimum Gasteiger partial charge on any atom is -0.349 e. The van der Waals surface area contributed by atoms with E-state index in [1.165, 1.54) is 35.9 Å². The molecule has 0 heterocycles. The first-order valence-electron chi connectivity index (χ1n) is 16.0. The van der Waals surface area contributed by atoms with Crippen molar-refractivity contribution < 1.29 is 26.8 Å². The molecule has 0 saturated heterocycles. The van der Waals surface area contributed by atoms with Crippen LogP contribution in [0.3, 0.4) is 0 Å². The molecular formula is C35H46F2N4O4S. The number of nitrogens with zero attached hydrogens (tertiary/aromatic N) is 1. The molecule has 0 aliphatic carbocycles. The fourth-order valence-electron chi connectivity index (χ4n) is 5.30. The first-order chi connectivity index (χ1) is 22.0. The molecule has 0 aliphatic rings. The van der Waals surface area contributed by atoms with Crippen molar-refractivity contribution >= 4 is 21.8 Å². The molecule has 3 N–H and O–H groups in total. The van der Waals surface area contributed by atoms with Crippen molar-refractivity contribution in [2.75, 3.05) is 26.2 Å². The van der Waals surface area contributed by atoms with E-state index in [0.717, 1.165) is 30.9 Å². The Morgan fingerprint density at radius 3 is 2.11 bits per heavy atom. The van der Waals surface area contributed by atoms with Crippen molar-refractivity contribution in [3.8, 4) is 0 Å². The van der Waals surface area contributed by atoms with Crippen molar-refractivity contribution in [3.05, 3.63) is 100 Å². The van der Waals surface area contributed by atoms with Gasteiger partial charge in [0, 0.05) is 49.4 Å². The van der Waals surface area contributed by atoms with Gasteiger partial charge in [-0.1, -0.05) is 52.0 Å².